The number of rotatable bonds is 3. The molecule has 3 rings (SSSR count). The Labute approximate surface area is 162 Å². The van der Waals surface area contributed by atoms with Crippen LogP contribution in [-0.2, 0) is 4.74 Å². The topological polar surface area (TPSA) is 61.8 Å². The van der Waals surface area contributed by atoms with Gasteiger partial charge >= 0.3 is 6.09 Å². The molecule has 0 aromatic carbocycles. The van der Waals surface area contributed by atoms with Gasteiger partial charge in [0.1, 0.15) is 17.2 Å². The van der Waals surface area contributed by atoms with E-state index in [0.717, 1.165) is 70.3 Å². The Morgan fingerprint density at radius 1 is 1.15 bits per heavy atom. The number of carbonyl (C=O) groups excluding carboxylic acids is 1. The van der Waals surface area contributed by atoms with E-state index in [-0.39, 0.29) is 6.09 Å². The highest BCUT2D eigenvalue weighted by atomic mass is 16.6. The molecule has 0 atom stereocenters. The standard InChI is InChI=1S/C20H33N5O2/c1-16-21-8-5-18(22-16)24-13-11-23(12-14-24)15-17-6-9-25(10-7-17)19(26)27-20(2,3)4/h5,8,17H,6-7,9-15H2,1-4H3. The summed E-state index contributed by atoms with van der Waals surface area (Å²) in [6.45, 7) is 14.6. The lowest BCUT2D eigenvalue weighted by atomic mass is 9.96. The van der Waals surface area contributed by atoms with Crippen molar-refractivity contribution in [2.45, 2.75) is 46.1 Å². The number of hydrogen-bond acceptors (Lipinski definition) is 6. The number of ether oxygens (including phenoxy) is 1. The Balaban J connectivity index is 1.40. The van der Waals surface area contributed by atoms with Crippen LogP contribution >= 0.6 is 0 Å². The second-order valence-electron chi connectivity index (χ2n) is 8.66. The minimum absolute atomic E-state index is 0.172. The van der Waals surface area contributed by atoms with Gasteiger partial charge in [-0.25, -0.2) is 14.8 Å². The van der Waals surface area contributed by atoms with Gasteiger partial charge in [-0.2, -0.15) is 0 Å². The van der Waals surface area contributed by atoms with Gasteiger partial charge in [0.05, 0.1) is 0 Å². The average molecular weight is 376 g/mol. The van der Waals surface area contributed by atoms with Crippen molar-refractivity contribution in [1.82, 2.24) is 19.8 Å². The van der Waals surface area contributed by atoms with Gasteiger partial charge in [0.15, 0.2) is 0 Å². The van der Waals surface area contributed by atoms with Gasteiger partial charge in [0.2, 0.25) is 0 Å². The number of nitrogens with zero attached hydrogens (tertiary/aromatic N) is 5. The monoisotopic (exact) mass is 375 g/mol. The zero-order chi connectivity index (χ0) is 19.4. The number of aromatic nitrogens is 2. The molecular weight excluding hydrogens is 342 g/mol. The molecule has 0 saturated carbocycles. The molecule has 2 aliphatic heterocycles. The molecular formula is C20H33N5O2. The summed E-state index contributed by atoms with van der Waals surface area (Å²) in [5.74, 6) is 2.52. The van der Waals surface area contributed by atoms with Crippen LogP contribution in [0, 0.1) is 12.8 Å². The summed E-state index contributed by atoms with van der Waals surface area (Å²) in [5.41, 5.74) is -0.421. The molecule has 2 aliphatic rings. The lowest BCUT2D eigenvalue weighted by Crippen LogP contribution is -2.49. The second-order valence-corrected chi connectivity index (χ2v) is 8.66. The third-order valence-corrected chi connectivity index (χ3v) is 5.24. The largest absolute Gasteiger partial charge is 0.444 e. The fourth-order valence-electron chi connectivity index (χ4n) is 3.77. The molecule has 7 nitrogen and oxygen atoms in total. The molecule has 7 heteroatoms. The zero-order valence-corrected chi connectivity index (χ0v) is 17.1. The normalized spacial score (nSPS) is 20.0. The fraction of sp³-hybridized carbons (Fsp3) is 0.750. The second kappa shape index (κ2) is 8.42. The van der Waals surface area contributed by atoms with Gasteiger partial charge in [-0.3, -0.25) is 4.90 Å². The van der Waals surface area contributed by atoms with Gasteiger partial charge in [0.25, 0.3) is 0 Å². The number of likely N-dealkylation sites (tertiary alicyclic amines) is 1. The first-order valence-electron chi connectivity index (χ1n) is 10.0. The van der Waals surface area contributed by atoms with Crippen LogP contribution < -0.4 is 4.90 Å². The lowest BCUT2D eigenvalue weighted by Gasteiger charge is -2.39. The lowest BCUT2D eigenvalue weighted by molar-refractivity contribution is 0.0169. The quantitative estimate of drug-likeness (QED) is 0.809. The first kappa shape index (κ1) is 19.9. The molecule has 2 fully saturated rings. The highest BCUT2D eigenvalue weighted by Crippen LogP contribution is 2.22. The van der Waals surface area contributed by atoms with Crippen LogP contribution in [0.5, 0.6) is 0 Å². The molecule has 0 unspecified atom stereocenters. The van der Waals surface area contributed by atoms with Crippen molar-refractivity contribution in [3.8, 4) is 0 Å². The summed E-state index contributed by atoms with van der Waals surface area (Å²) in [7, 11) is 0. The van der Waals surface area contributed by atoms with E-state index in [4.69, 9.17) is 4.74 Å². The van der Waals surface area contributed by atoms with Crippen LogP contribution in [0.15, 0.2) is 12.3 Å². The highest BCUT2D eigenvalue weighted by molar-refractivity contribution is 5.68. The maximum Gasteiger partial charge on any atom is 0.410 e. The Bertz CT molecular complexity index is 630. The molecule has 150 valence electrons. The fourth-order valence-corrected chi connectivity index (χ4v) is 3.77. The minimum atomic E-state index is -0.421. The first-order valence-corrected chi connectivity index (χ1v) is 10.0. The van der Waals surface area contributed by atoms with Crippen molar-refractivity contribution >= 4 is 11.9 Å². The molecule has 0 N–H and O–H groups in total. The molecule has 27 heavy (non-hydrogen) atoms. The van der Waals surface area contributed by atoms with E-state index < -0.39 is 5.60 Å². The SMILES string of the molecule is Cc1nccc(N2CCN(CC3CCN(C(=O)OC(C)(C)C)CC3)CC2)n1. The average Bonchev–Trinajstić information content (AvgIpc) is 2.61. The van der Waals surface area contributed by atoms with Crippen LogP contribution in [0.3, 0.4) is 0 Å². The van der Waals surface area contributed by atoms with E-state index in [1.807, 2.05) is 44.9 Å². The van der Waals surface area contributed by atoms with Gasteiger partial charge in [-0.15, -0.1) is 0 Å². The van der Waals surface area contributed by atoms with Crippen molar-refractivity contribution in [1.29, 1.82) is 0 Å². The third-order valence-electron chi connectivity index (χ3n) is 5.24. The van der Waals surface area contributed by atoms with Gasteiger partial charge < -0.3 is 14.5 Å². The van der Waals surface area contributed by atoms with Crippen LogP contribution in [0.25, 0.3) is 0 Å². The number of piperazine rings is 1. The molecule has 0 aliphatic carbocycles. The van der Waals surface area contributed by atoms with E-state index in [0.29, 0.717) is 5.92 Å². The minimum Gasteiger partial charge on any atom is -0.444 e. The number of anilines is 1. The summed E-state index contributed by atoms with van der Waals surface area (Å²) in [6.07, 6.45) is 3.78. The van der Waals surface area contributed by atoms with Crippen molar-refractivity contribution in [3.05, 3.63) is 18.1 Å². The van der Waals surface area contributed by atoms with E-state index in [9.17, 15) is 4.79 Å². The van der Waals surface area contributed by atoms with Gasteiger partial charge in [0, 0.05) is 52.0 Å². The number of carbonyl (C=O) groups is 1. The summed E-state index contributed by atoms with van der Waals surface area (Å²) < 4.78 is 5.49. The summed E-state index contributed by atoms with van der Waals surface area (Å²) >= 11 is 0. The van der Waals surface area contributed by atoms with Crippen LogP contribution in [-0.4, -0.2) is 77.3 Å². The van der Waals surface area contributed by atoms with Crippen LogP contribution in [0.4, 0.5) is 10.6 Å². The molecule has 1 aromatic rings. The Kier molecular flexibility index (Phi) is 6.19. The van der Waals surface area contributed by atoms with Crippen molar-refractivity contribution in [3.63, 3.8) is 0 Å². The zero-order valence-electron chi connectivity index (χ0n) is 17.1. The predicted octanol–water partition coefficient (Wildman–Crippen LogP) is 2.55. The molecule has 0 radical (unpaired) electrons. The van der Waals surface area contributed by atoms with E-state index in [1.54, 1.807) is 0 Å². The number of aryl methyl sites for hydroxylation is 1. The van der Waals surface area contributed by atoms with Gasteiger partial charge in [-0.1, -0.05) is 0 Å². The number of hydrogen-bond donors (Lipinski definition) is 0. The van der Waals surface area contributed by atoms with E-state index in [1.165, 1.54) is 0 Å². The van der Waals surface area contributed by atoms with Crippen LogP contribution in [0.2, 0.25) is 0 Å². The Morgan fingerprint density at radius 3 is 2.41 bits per heavy atom. The van der Waals surface area contributed by atoms with Crippen molar-refractivity contribution in [2.75, 3.05) is 50.7 Å². The van der Waals surface area contributed by atoms with Gasteiger partial charge in [-0.05, 0) is 52.5 Å². The summed E-state index contributed by atoms with van der Waals surface area (Å²) in [4.78, 5) is 27.7. The Hall–Kier alpha value is -1.89. The predicted molar refractivity (Wildman–Crippen MR) is 106 cm³/mol. The summed E-state index contributed by atoms with van der Waals surface area (Å²) in [5, 5.41) is 0. The molecule has 2 saturated heterocycles. The first-order chi connectivity index (χ1) is 12.8. The summed E-state index contributed by atoms with van der Waals surface area (Å²) in [6, 6.07) is 2.00. The maximum atomic E-state index is 12.2. The Morgan fingerprint density at radius 2 is 1.81 bits per heavy atom. The number of piperidine rings is 1. The maximum absolute atomic E-state index is 12.2. The van der Waals surface area contributed by atoms with Crippen molar-refractivity contribution < 1.29 is 9.53 Å². The highest BCUT2D eigenvalue weighted by Gasteiger charge is 2.28. The molecule has 1 aromatic heterocycles. The molecule has 0 bridgehead atoms. The van der Waals surface area contributed by atoms with Crippen LogP contribution in [0.1, 0.15) is 39.4 Å². The van der Waals surface area contributed by atoms with E-state index >= 15 is 0 Å². The third kappa shape index (κ3) is 5.79. The van der Waals surface area contributed by atoms with E-state index in [2.05, 4.69) is 19.8 Å². The number of amides is 1. The molecule has 3 heterocycles. The molecule has 0 spiro atoms. The van der Waals surface area contributed by atoms with Crippen molar-refractivity contribution in [2.24, 2.45) is 5.92 Å². The smallest absolute Gasteiger partial charge is 0.410 e. The molecule has 1 amide bonds.